The molecule has 0 aromatic carbocycles. The van der Waals surface area contributed by atoms with Gasteiger partial charge in [-0.15, -0.1) is 0 Å². The first kappa shape index (κ1) is 9.76. The fourth-order valence-electron chi connectivity index (χ4n) is 0.602. The van der Waals surface area contributed by atoms with Crippen molar-refractivity contribution in [2.24, 2.45) is 15.9 Å². The molecule has 11 heavy (non-hydrogen) atoms. The Bertz CT molecular complexity index is 184. The van der Waals surface area contributed by atoms with Crippen LogP contribution < -0.4 is 0 Å². The molecule has 0 aromatic rings. The van der Waals surface area contributed by atoms with Crippen molar-refractivity contribution in [2.45, 2.75) is 26.4 Å². The molecule has 0 heterocycles. The van der Waals surface area contributed by atoms with Gasteiger partial charge in [-0.1, -0.05) is 13.8 Å². The molecule has 0 aliphatic carbocycles. The summed E-state index contributed by atoms with van der Waals surface area (Å²) in [7, 11) is 0. The maximum absolute atomic E-state index is 9.83. The predicted molar refractivity (Wildman–Crippen MR) is 39.5 cm³/mol. The maximum Gasteiger partial charge on any atom is 0.237 e. The second-order valence-corrected chi connectivity index (χ2v) is 2.24. The highest BCUT2D eigenvalue weighted by atomic mass is 16.1. The summed E-state index contributed by atoms with van der Waals surface area (Å²) in [5.41, 5.74) is 0. The van der Waals surface area contributed by atoms with E-state index in [0.717, 1.165) is 6.42 Å². The molecule has 1 unspecified atom stereocenters. The molecular weight excluding hydrogens is 144 g/mol. The largest absolute Gasteiger partial charge is 0.237 e. The Morgan fingerprint density at radius 2 is 1.73 bits per heavy atom. The molecule has 0 fully saturated rings. The van der Waals surface area contributed by atoms with Crippen LogP contribution in [0.4, 0.5) is 0 Å². The lowest BCUT2D eigenvalue weighted by molar-refractivity contribution is 0.448. The Kier molecular flexibility index (Phi) is 4.91. The molecule has 0 aromatic heterocycles. The molecule has 0 aliphatic heterocycles. The van der Waals surface area contributed by atoms with Crippen LogP contribution in [0, 0.1) is 5.92 Å². The van der Waals surface area contributed by atoms with Crippen LogP contribution in [0.3, 0.4) is 0 Å². The van der Waals surface area contributed by atoms with Crippen molar-refractivity contribution >= 4 is 12.2 Å². The van der Waals surface area contributed by atoms with E-state index in [4.69, 9.17) is 0 Å². The summed E-state index contributed by atoms with van der Waals surface area (Å²) in [6.07, 6.45) is 2.95. The van der Waals surface area contributed by atoms with Gasteiger partial charge in [-0.2, -0.15) is 9.98 Å². The van der Waals surface area contributed by atoms with Crippen LogP contribution in [-0.2, 0) is 9.59 Å². The molecule has 1 atom stereocenters. The normalized spacial score (nSPS) is 14.0. The van der Waals surface area contributed by atoms with E-state index in [1.165, 1.54) is 12.2 Å². The maximum atomic E-state index is 9.83. The topological polar surface area (TPSA) is 58.9 Å². The number of carbonyl (C=O) groups excluding carboxylic acids is 2. The summed E-state index contributed by atoms with van der Waals surface area (Å²) in [4.78, 5) is 26.4. The Hall–Kier alpha value is -1.24. The van der Waals surface area contributed by atoms with Gasteiger partial charge in [0.2, 0.25) is 12.2 Å². The van der Waals surface area contributed by atoms with E-state index in [0.29, 0.717) is 0 Å². The molecule has 60 valence electrons. The summed E-state index contributed by atoms with van der Waals surface area (Å²) >= 11 is 0. The van der Waals surface area contributed by atoms with E-state index in [9.17, 15) is 9.59 Å². The Labute approximate surface area is 65.0 Å². The Morgan fingerprint density at radius 1 is 1.27 bits per heavy atom. The predicted octanol–water partition coefficient (Wildman–Crippen LogP) is 1.03. The van der Waals surface area contributed by atoms with Crippen LogP contribution in [0.25, 0.3) is 0 Å². The number of hydrogen-bond acceptors (Lipinski definition) is 4. The molecule has 4 nitrogen and oxygen atoms in total. The lowest BCUT2D eigenvalue weighted by atomic mass is 10.1. The van der Waals surface area contributed by atoms with Gasteiger partial charge in [0.1, 0.15) is 0 Å². The summed E-state index contributed by atoms with van der Waals surface area (Å²) in [5.74, 6) is 0.0814. The lowest BCUT2D eigenvalue weighted by Gasteiger charge is -2.09. The van der Waals surface area contributed by atoms with Gasteiger partial charge < -0.3 is 0 Å². The highest BCUT2D eigenvalue weighted by Crippen LogP contribution is 2.10. The monoisotopic (exact) mass is 154 g/mol. The summed E-state index contributed by atoms with van der Waals surface area (Å²) < 4.78 is 0. The molecule has 0 aliphatic rings. The Morgan fingerprint density at radius 3 is 2.00 bits per heavy atom. The van der Waals surface area contributed by atoms with E-state index < -0.39 is 6.17 Å². The minimum atomic E-state index is -0.602. The first-order valence-electron chi connectivity index (χ1n) is 3.40. The summed E-state index contributed by atoms with van der Waals surface area (Å²) in [6, 6.07) is 0. The van der Waals surface area contributed by atoms with Crippen molar-refractivity contribution in [2.75, 3.05) is 0 Å². The van der Waals surface area contributed by atoms with Crippen molar-refractivity contribution in [1.29, 1.82) is 0 Å². The number of aliphatic imine (C=N–C) groups is 2. The molecule has 0 spiro atoms. The van der Waals surface area contributed by atoms with Gasteiger partial charge in [-0.25, -0.2) is 9.59 Å². The third-order valence-electron chi connectivity index (χ3n) is 1.52. The van der Waals surface area contributed by atoms with Gasteiger partial charge in [0.15, 0.2) is 6.17 Å². The van der Waals surface area contributed by atoms with Crippen molar-refractivity contribution in [1.82, 2.24) is 0 Å². The summed E-state index contributed by atoms with van der Waals surface area (Å²) in [6.45, 7) is 3.78. The smallest absolute Gasteiger partial charge is 0.211 e. The van der Waals surface area contributed by atoms with Crippen molar-refractivity contribution in [3.05, 3.63) is 0 Å². The molecular formula is C7H10N2O2. The number of rotatable bonds is 4. The number of isocyanates is 2. The third-order valence-corrected chi connectivity index (χ3v) is 1.52. The van der Waals surface area contributed by atoms with Gasteiger partial charge >= 0.3 is 0 Å². The van der Waals surface area contributed by atoms with Crippen LogP contribution in [0.5, 0.6) is 0 Å². The van der Waals surface area contributed by atoms with Crippen LogP contribution >= 0.6 is 0 Å². The van der Waals surface area contributed by atoms with E-state index in [1.807, 2.05) is 13.8 Å². The highest BCUT2D eigenvalue weighted by molar-refractivity contribution is 5.37. The van der Waals surface area contributed by atoms with Crippen molar-refractivity contribution in [3.63, 3.8) is 0 Å². The van der Waals surface area contributed by atoms with Gasteiger partial charge in [-0.3, -0.25) is 0 Å². The molecule has 0 saturated heterocycles. The van der Waals surface area contributed by atoms with E-state index in [-0.39, 0.29) is 5.92 Å². The van der Waals surface area contributed by atoms with Crippen LogP contribution in [0.2, 0.25) is 0 Å². The van der Waals surface area contributed by atoms with E-state index in [2.05, 4.69) is 9.98 Å². The zero-order chi connectivity index (χ0) is 8.69. The van der Waals surface area contributed by atoms with Gasteiger partial charge in [0.25, 0.3) is 0 Å². The molecule has 0 amide bonds. The third kappa shape index (κ3) is 3.46. The molecule has 4 heteroatoms. The SMILES string of the molecule is CCC(C)C(N=C=O)N=C=O. The quantitative estimate of drug-likeness (QED) is 0.448. The number of nitrogens with zero attached hydrogens (tertiary/aromatic N) is 2. The van der Waals surface area contributed by atoms with Crippen LogP contribution in [-0.4, -0.2) is 18.3 Å². The second-order valence-electron chi connectivity index (χ2n) is 2.24. The molecule has 0 N–H and O–H groups in total. The van der Waals surface area contributed by atoms with Gasteiger partial charge in [0, 0.05) is 5.92 Å². The fraction of sp³-hybridized carbons (Fsp3) is 0.714. The molecule has 0 rings (SSSR count). The minimum Gasteiger partial charge on any atom is -0.211 e. The van der Waals surface area contributed by atoms with Crippen LogP contribution in [0.1, 0.15) is 20.3 Å². The zero-order valence-corrected chi connectivity index (χ0v) is 6.57. The standard InChI is InChI=1S/C7H10N2O2/c1-3-6(2)7(8-4-10)9-5-11/h6-7H,3H2,1-2H3. The average Bonchev–Trinajstić information content (AvgIpc) is 2.03. The Balaban J connectivity index is 4.31. The zero-order valence-electron chi connectivity index (χ0n) is 6.57. The van der Waals surface area contributed by atoms with Gasteiger partial charge in [-0.05, 0) is 6.42 Å². The van der Waals surface area contributed by atoms with E-state index >= 15 is 0 Å². The minimum absolute atomic E-state index is 0.0814. The first-order chi connectivity index (χ1) is 5.26. The average molecular weight is 154 g/mol. The van der Waals surface area contributed by atoms with Crippen molar-refractivity contribution in [3.8, 4) is 0 Å². The highest BCUT2D eigenvalue weighted by Gasteiger charge is 2.12. The molecule has 0 bridgehead atoms. The molecule has 0 radical (unpaired) electrons. The van der Waals surface area contributed by atoms with Crippen LogP contribution in [0.15, 0.2) is 9.98 Å². The summed E-state index contributed by atoms with van der Waals surface area (Å²) in [5, 5.41) is 0. The second kappa shape index (κ2) is 5.54. The van der Waals surface area contributed by atoms with E-state index in [1.54, 1.807) is 0 Å². The number of hydrogen-bond donors (Lipinski definition) is 0. The molecule has 0 saturated carbocycles. The van der Waals surface area contributed by atoms with Crippen molar-refractivity contribution < 1.29 is 9.59 Å². The lowest BCUT2D eigenvalue weighted by Crippen LogP contribution is -2.11. The van der Waals surface area contributed by atoms with Gasteiger partial charge in [0.05, 0.1) is 0 Å². The first-order valence-corrected chi connectivity index (χ1v) is 3.40. The fourth-order valence-corrected chi connectivity index (χ4v) is 0.602.